The van der Waals surface area contributed by atoms with Crippen molar-refractivity contribution in [2.75, 3.05) is 19.6 Å². The van der Waals surface area contributed by atoms with E-state index in [1.54, 1.807) is 12.1 Å². The number of halogens is 1. The molecule has 2 aliphatic heterocycles. The Kier molecular flexibility index (Phi) is 6.19. The zero-order valence-electron chi connectivity index (χ0n) is 16.6. The van der Waals surface area contributed by atoms with E-state index < -0.39 is 0 Å². The summed E-state index contributed by atoms with van der Waals surface area (Å²) in [5.41, 5.74) is 3.22. The van der Waals surface area contributed by atoms with Crippen LogP contribution in [-0.2, 0) is 17.8 Å². The number of hydrogen-bond donors (Lipinski definition) is 0. The van der Waals surface area contributed by atoms with Crippen molar-refractivity contribution in [2.45, 2.75) is 38.6 Å². The molecule has 2 aliphatic rings. The van der Waals surface area contributed by atoms with Crippen LogP contribution in [0.4, 0.5) is 0 Å². The van der Waals surface area contributed by atoms with Crippen molar-refractivity contribution in [3.8, 4) is 0 Å². The number of hydrogen-bond acceptors (Lipinski definition) is 2. The standard InChI is InChI=1S/C24H27ClN2O2/c25-22-8-4-3-7-21(22)24(29)26-14-11-18(12-15-26)9-10-23(28)27-16-13-19-5-1-2-6-20(19)17-27/h1-8,18H,9-17H2. The van der Waals surface area contributed by atoms with E-state index in [0.29, 0.717) is 22.9 Å². The lowest BCUT2D eigenvalue weighted by atomic mass is 9.91. The Balaban J connectivity index is 1.24. The smallest absolute Gasteiger partial charge is 0.255 e. The first-order valence-corrected chi connectivity index (χ1v) is 10.9. The molecule has 0 N–H and O–H groups in total. The predicted octanol–water partition coefficient (Wildman–Crippen LogP) is 4.56. The Hall–Kier alpha value is -2.33. The number of amides is 2. The van der Waals surface area contributed by atoms with E-state index in [2.05, 4.69) is 18.2 Å². The van der Waals surface area contributed by atoms with Crippen LogP contribution in [0.15, 0.2) is 48.5 Å². The van der Waals surface area contributed by atoms with Gasteiger partial charge in [-0.2, -0.15) is 0 Å². The van der Waals surface area contributed by atoms with Gasteiger partial charge in [-0.25, -0.2) is 0 Å². The van der Waals surface area contributed by atoms with Gasteiger partial charge >= 0.3 is 0 Å². The van der Waals surface area contributed by atoms with Crippen LogP contribution in [0.2, 0.25) is 5.02 Å². The Bertz CT molecular complexity index is 890. The Morgan fingerprint density at radius 2 is 1.59 bits per heavy atom. The molecule has 0 atom stereocenters. The third-order valence-corrected chi connectivity index (χ3v) is 6.59. The minimum atomic E-state index is 0.0112. The average Bonchev–Trinajstić information content (AvgIpc) is 2.77. The summed E-state index contributed by atoms with van der Waals surface area (Å²) in [7, 11) is 0. The predicted molar refractivity (Wildman–Crippen MR) is 115 cm³/mol. The maximum atomic E-state index is 12.7. The van der Waals surface area contributed by atoms with E-state index in [9.17, 15) is 9.59 Å². The minimum Gasteiger partial charge on any atom is -0.339 e. The molecule has 0 spiro atoms. The molecule has 0 bridgehead atoms. The molecule has 5 heteroatoms. The van der Waals surface area contributed by atoms with E-state index in [1.165, 1.54) is 11.1 Å². The number of nitrogens with zero attached hydrogens (tertiary/aromatic N) is 2. The topological polar surface area (TPSA) is 40.6 Å². The van der Waals surface area contributed by atoms with Crippen molar-refractivity contribution in [1.82, 2.24) is 9.80 Å². The van der Waals surface area contributed by atoms with Crippen molar-refractivity contribution in [1.29, 1.82) is 0 Å². The highest BCUT2D eigenvalue weighted by Gasteiger charge is 2.26. The molecule has 4 nitrogen and oxygen atoms in total. The summed E-state index contributed by atoms with van der Waals surface area (Å²) in [6, 6.07) is 15.6. The second-order valence-electron chi connectivity index (χ2n) is 8.09. The highest BCUT2D eigenvalue weighted by atomic mass is 35.5. The van der Waals surface area contributed by atoms with Crippen LogP contribution >= 0.6 is 11.6 Å². The van der Waals surface area contributed by atoms with E-state index >= 15 is 0 Å². The number of piperidine rings is 1. The Labute approximate surface area is 177 Å². The molecule has 1 saturated heterocycles. The molecule has 0 aliphatic carbocycles. The van der Waals surface area contributed by atoms with Crippen molar-refractivity contribution in [3.05, 3.63) is 70.2 Å². The van der Waals surface area contributed by atoms with Gasteiger partial charge in [0.1, 0.15) is 0 Å². The maximum absolute atomic E-state index is 12.7. The van der Waals surface area contributed by atoms with Crippen molar-refractivity contribution in [2.24, 2.45) is 5.92 Å². The second kappa shape index (κ2) is 9.00. The number of carbonyl (C=O) groups excluding carboxylic acids is 2. The Morgan fingerprint density at radius 3 is 2.34 bits per heavy atom. The van der Waals surface area contributed by atoms with Crippen LogP contribution in [0.3, 0.4) is 0 Å². The number of rotatable bonds is 4. The monoisotopic (exact) mass is 410 g/mol. The maximum Gasteiger partial charge on any atom is 0.255 e. The number of fused-ring (bicyclic) bond motifs is 1. The summed E-state index contributed by atoms with van der Waals surface area (Å²) in [6.07, 6.45) is 4.36. The molecule has 4 rings (SSSR count). The molecule has 0 unspecified atom stereocenters. The van der Waals surface area contributed by atoms with Gasteiger partial charge in [0.05, 0.1) is 10.6 Å². The third kappa shape index (κ3) is 4.64. The quantitative estimate of drug-likeness (QED) is 0.741. The lowest BCUT2D eigenvalue weighted by Gasteiger charge is -2.33. The van der Waals surface area contributed by atoms with Gasteiger partial charge in [0.15, 0.2) is 0 Å². The third-order valence-electron chi connectivity index (χ3n) is 6.26. The number of likely N-dealkylation sites (tertiary alicyclic amines) is 1. The summed E-state index contributed by atoms with van der Waals surface area (Å²) in [5, 5.41) is 0.508. The van der Waals surface area contributed by atoms with E-state index in [0.717, 1.165) is 51.9 Å². The highest BCUT2D eigenvalue weighted by molar-refractivity contribution is 6.33. The highest BCUT2D eigenvalue weighted by Crippen LogP contribution is 2.26. The molecular formula is C24H27ClN2O2. The first-order chi connectivity index (χ1) is 14.1. The first kappa shape index (κ1) is 20.0. The summed E-state index contributed by atoms with van der Waals surface area (Å²) >= 11 is 6.17. The largest absolute Gasteiger partial charge is 0.339 e. The summed E-state index contributed by atoms with van der Waals surface area (Å²) in [4.78, 5) is 29.3. The van der Waals surface area contributed by atoms with E-state index in [-0.39, 0.29) is 11.8 Å². The van der Waals surface area contributed by atoms with Crippen LogP contribution in [0.25, 0.3) is 0 Å². The summed E-state index contributed by atoms with van der Waals surface area (Å²) in [5.74, 6) is 0.775. The molecule has 2 heterocycles. The second-order valence-corrected chi connectivity index (χ2v) is 8.50. The molecule has 29 heavy (non-hydrogen) atoms. The van der Waals surface area contributed by atoms with Crippen LogP contribution in [0.5, 0.6) is 0 Å². The molecule has 2 aromatic rings. The minimum absolute atomic E-state index is 0.0112. The zero-order chi connectivity index (χ0) is 20.2. The average molecular weight is 411 g/mol. The Morgan fingerprint density at radius 1 is 0.897 bits per heavy atom. The molecule has 152 valence electrons. The van der Waals surface area contributed by atoms with Gasteiger partial charge in [-0.05, 0) is 54.9 Å². The molecule has 2 amide bonds. The number of carbonyl (C=O) groups is 2. The van der Waals surface area contributed by atoms with Crippen LogP contribution in [0, 0.1) is 5.92 Å². The van der Waals surface area contributed by atoms with Crippen molar-refractivity contribution in [3.63, 3.8) is 0 Å². The molecule has 2 aromatic carbocycles. The lowest BCUT2D eigenvalue weighted by Crippen LogP contribution is -2.39. The fourth-order valence-corrected chi connectivity index (χ4v) is 4.64. The SMILES string of the molecule is O=C(CCC1CCN(C(=O)c2ccccc2Cl)CC1)N1CCc2ccccc2C1. The number of benzene rings is 2. The molecule has 0 aromatic heterocycles. The first-order valence-electron chi connectivity index (χ1n) is 10.5. The van der Waals surface area contributed by atoms with Crippen molar-refractivity contribution >= 4 is 23.4 Å². The van der Waals surface area contributed by atoms with Gasteiger partial charge in [0.25, 0.3) is 5.91 Å². The molecule has 1 fully saturated rings. The van der Waals surface area contributed by atoms with E-state index in [4.69, 9.17) is 11.6 Å². The van der Waals surface area contributed by atoms with Crippen molar-refractivity contribution < 1.29 is 9.59 Å². The van der Waals surface area contributed by atoms with Gasteiger partial charge in [-0.3, -0.25) is 9.59 Å². The van der Waals surface area contributed by atoms with Gasteiger partial charge in [-0.15, -0.1) is 0 Å². The fourth-order valence-electron chi connectivity index (χ4n) is 4.42. The lowest BCUT2D eigenvalue weighted by molar-refractivity contribution is -0.132. The molecular weight excluding hydrogens is 384 g/mol. The summed E-state index contributed by atoms with van der Waals surface area (Å²) < 4.78 is 0. The van der Waals surface area contributed by atoms with Crippen LogP contribution < -0.4 is 0 Å². The van der Waals surface area contributed by atoms with Gasteiger partial charge in [0.2, 0.25) is 5.91 Å². The van der Waals surface area contributed by atoms with E-state index in [1.807, 2.05) is 28.0 Å². The van der Waals surface area contributed by atoms with Gasteiger partial charge in [-0.1, -0.05) is 48.0 Å². The van der Waals surface area contributed by atoms with Crippen LogP contribution in [-0.4, -0.2) is 41.2 Å². The van der Waals surface area contributed by atoms with Gasteiger partial charge in [0, 0.05) is 32.6 Å². The normalized spacial score (nSPS) is 17.1. The molecule has 0 saturated carbocycles. The van der Waals surface area contributed by atoms with Crippen LogP contribution in [0.1, 0.15) is 47.2 Å². The van der Waals surface area contributed by atoms with Gasteiger partial charge < -0.3 is 9.80 Å². The summed E-state index contributed by atoms with van der Waals surface area (Å²) in [6.45, 7) is 3.03. The molecule has 0 radical (unpaired) electrons. The zero-order valence-corrected chi connectivity index (χ0v) is 17.4. The fraction of sp³-hybridized carbons (Fsp3) is 0.417.